The van der Waals surface area contributed by atoms with Crippen LogP contribution < -0.4 is 10.6 Å². The highest BCUT2D eigenvalue weighted by molar-refractivity contribution is 6.00. The number of hydrogen-bond donors (Lipinski definition) is 3. The van der Waals surface area contributed by atoms with Crippen LogP contribution in [0.5, 0.6) is 0 Å². The molecule has 0 aromatic heterocycles. The molecule has 1 aliphatic carbocycles. The van der Waals surface area contributed by atoms with E-state index in [4.69, 9.17) is 0 Å². The van der Waals surface area contributed by atoms with Gasteiger partial charge in [-0.05, 0) is 73.3 Å². The molecule has 2 atom stereocenters. The van der Waals surface area contributed by atoms with Crippen LogP contribution in [0.15, 0.2) is 60.7 Å². The lowest BCUT2D eigenvalue weighted by Crippen LogP contribution is -2.75. The smallest absolute Gasteiger partial charge is 0.248 e. The molecule has 0 saturated carbocycles. The molecule has 5 rings (SSSR count). The molecule has 3 amide bonds. The Bertz CT molecular complexity index is 1280. The highest BCUT2D eigenvalue weighted by atomic mass is 35.5. The summed E-state index contributed by atoms with van der Waals surface area (Å²) in [6.45, 7) is 6.39. The van der Waals surface area contributed by atoms with Crippen molar-refractivity contribution in [1.29, 1.82) is 0 Å². The fourth-order valence-electron chi connectivity index (χ4n) is 6.64. The predicted molar refractivity (Wildman–Crippen MR) is 171 cm³/mol. The van der Waals surface area contributed by atoms with E-state index in [1.54, 1.807) is 0 Å². The number of carbonyl (C=O) groups excluding carboxylic acids is 3. The molecule has 2 saturated heterocycles. The van der Waals surface area contributed by atoms with E-state index in [1.165, 1.54) is 23.6 Å². The Labute approximate surface area is 261 Å². The summed E-state index contributed by atoms with van der Waals surface area (Å²) in [6, 6.07) is 15.7. The molecule has 3 N–H and O–H groups in total. The first-order valence-corrected chi connectivity index (χ1v) is 15.4. The minimum atomic E-state index is -0.871. The second-order valence-corrected chi connectivity index (χ2v) is 12.2. The zero-order valence-corrected chi connectivity index (χ0v) is 26.1. The third kappa shape index (κ3) is 7.48. The Morgan fingerprint density at radius 2 is 1.58 bits per heavy atom. The van der Waals surface area contributed by atoms with Gasteiger partial charge in [0.25, 0.3) is 0 Å². The van der Waals surface area contributed by atoms with Crippen molar-refractivity contribution < 1.29 is 19.5 Å². The largest absolute Gasteiger partial charge is 0.390 e. The SMILES string of the molecule is CCCCN1C(=O)[C@@H]([C@H](O)C2CC=CC2)NC(=O)C12CCN(Cc1ccc(Cc3ccc(NC(C)=O)cc3)cc1)CC2.Cl. The van der Waals surface area contributed by atoms with Gasteiger partial charge in [-0.1, -0.05) is 61.9 Å². The first-order chi connectivity index (χ1) is 20.3. The minimum absolute atomic E-state index is 0. The normalized spacial score (nSPS) is 21.0. The van der Waals surface area contributed by atoms with Gasteiger partial charge in [-0.25, -0.2) is 0 Å². The van der Waals surface area contributed by atoms with E-state index in [1.807, 2.05) is 41.3 Å². The van der Waals surface area contributed by atoms with Gasteiger partial charge in [0.2, 0.25) is 17.7 Å². The van der Waals surface area contributed by atoms with Gasteiger partial charge < -0.3 is 20.6 Å². The van der Waals surface area contributed by atoms with E-state index in [0.29, 0.717) is 19.4 Å². The summed E-state index contributed by atoms with van der Waals surface area (Å²) >= 11 is 0. The number of anilines is 1. The number of likely N-dealkylation sites (tertiary alicyclic amines) is 1. The molecule has 2 aromatic carbocycles. The van der Waals surface area contributed by atoms with Crippen LogP contribution >= 0.6 is 12.4 Å². The number of allylic oxidation sites excluding steroid dienone is 2. The summed E-state index contributed by atoms with van der Waals surface area (Å²) in [4.78, 5) is 42.8. The van der Waals surface area contributed by atoms with Crippen molar-refractivity contribution in [2.45, 2.75) is 83.0 Å². The molecule has 43 heavy (non-hydrogen) atoms. The zero-order chi connectivity index (χ0) is 29.7. The maximum absolute atomic E-state index is 13.7. The third-order valence-electron chi connectivity index (χ3n) is 9.16. The number of aliphatic hydroxyl groups excluding tert-OH is 1. The highest BCUT2D eigenvalue weighted by Gasteiger charge is 2.55. The van der Waals surface area contributed by atoms with E-state index in [2.05, 4.69) is 46.7 Å². The minimum Gasteiger partial charge on any atom is -0.390 e. The lowest BCUT2D eigenvalue weighted by atomic mass is 9.79. The van der Waals surface area contributed by atoms with Crippen LogP contribution in [0.2, 0.25) is 0 Å². The van der Waals surface area contributed by atoms with Crippen molar-refractivity contribution in [3.63, 3.8) is 0 Å². The topological polar surface area (TPSA) is 102 Å². The number of hydrogen-bond acceptors (Lipinski definition) is 5. The summed E-state index contributed by atoms with van der Waals surface area (Å²) in [5, 5.41) is 16.8. The summed E-state index contributed by atoms with van der Waals surface area (Å²) in [5.74, 6) is -0.337. The van der Waals surface area contributed by atoms with Gasteiger partial charge in [0, 0.05) is 38.8 Å². The number of halogens is 1. The molecule has 0 unspecified atom stereocenters. The van der Waals surface area contributed by atoms with Crippen LogP contribution in [0.4, 0.5) is 5.69 Å². The summed E-state index contributed by atoms with van der Waals surface area (Å²) in [6.07, 6.45) is 8.46. The Morgan fingerprint density at radius 1 is 1.00 bits per heavy atom. The monoisotopic (exact) mass is 608 g/mol. The van der Waals surface area contributed by atoms with Gasteiger partial charge in [-0.15, -0.1) is 12.4 Å². The lowest BCUT2D eigenvalue weighted by Gasteiger charge is -2.52. The molecule has 0 bridgehead atoms. The van der Waals surface area contributed by atoms with Crippen molar-refractivity contribution in [2.24, 2.45) is 5.92 Å². The quantitative estimate of drug-likeness (QED) is 0.346. The molecule has 2 heterocycles. The number of aliphatic hydroxyl groups is 1. The molecule has 2 aliphatic heterocycles. The van der Waals surface area contributed by atoms with Crippen LogP contribution in [0.3, 0.4) is 0 Å². The number of piperidine rings is 1. The maximum atomic E-state index is 13.7. The van der Waals surface area contributed by atoms with Crippen LogP contribution in [-0.2, 0) is 27.3 Å². The fraction of sp³-hybridized carbons (Fsp3) is 0.500. The van der Waals surface area contributed by atoms with Crippen LogP contribution in [0.1, 0.15) is 69.1 Å². The molecule has 8 nitrogen and oxygen atoms in total. The summed E-state index contributed by atoms with van der Waals surface area (Å²) in [5.41, 5.74) is 3.58. The second kappa shape index (κ2) is 14.5. The maximum Gasteiger partial charge on any atom is 0.248 e. The second-order valence-electron chi connectivity index (χ2n) is 12.2. The fourth-order valence-corrected chi connectivity index (χ4v) is 6.64. The molecule has 1 spiro atoms. The van der Waals surface area contributed by atoms with Gasteiger partial charge in [-0.3, -0.25) is 19.3 Å². The van der Waals surface area contributed by atoms with Crippen LogP contribution in [-0.4, -0.2) is 69.9 Å². The number of piperazine rings is 1. The summed E-state index contributed by atoms with van der Waals surface area (Å²) in [7, 11) is 0. The highest BCUT2D eigenvalue weighted by Crippen LogP contribution is 2.36. The first kappa shape index (κ1) is 32.7. The molecule has 232 valence electrons. The van der Waals surface area contributed by atoms with E-state index in [9.17, 15) is 19.5 Å². The Kier molecular flexibility index (Phi) is 11.0. The zero-order valence-electron chi connectivity index (χ0n) is 25.3. The van der Waals surface area contributed by atoms with Gasteiger partial charge in [-0.2, -0.15) is 0 Å². The lowest BCUT2D eigenvalue weighted by molar-refractivity contribution is -0.165. The average molecular weight is 609 g/mol. The number of nitrogens with one attached hydrogen (secondary N) is 2. The molecule has 3 aliphatic rings. The molecular formula is C34H45ClN4O4. The molecule has 2 fully saturated rings. The number of rotatable bonds is 10. The van der Waals surface area contributed by atoms with Gasteiger partial charge >= 0.3 is 0 Å². The Hall–Kier alpha value is -3.20. The third-order valence-corrected chi connectivity index (χ3v) is 9.16. The van der Waals surface area contributed by atoms with Crippen LogP contribution in [0, 0.1) is 5.92 Å². The van der Waals surface area contributed by atoms with Crippen LogP contribution in [0.25, 0.3) is 0 Å². The number of benzene rings is 2. The number of nitrogens with zero attached hydrogens (tertiary/aromatic N) is 2. The Morgan fingerprint density at radius 3 is 2.16 bits per heavy atom. The first-order valence-electron chi connectivity index (χ1n) is 15.4. The van der Waals surface area contributed by atoms with E-state index in [0.717, 1.165) is 57.4 Å². The van der Waals surface area contributed by atoms with Crippen molar-refractivity contribution >= 4 is 35.8 Å². The van der Waals surface area contributed by atoms with Gasteiger partial charge in [0.15, 0.2) is 0 Å². The standard InChI is InChI=1S/C34H44N4O4.ClH/c1-3-4-19-38-32(41)30(31(40)28-7-5-6-8-28)36-33(42)34(38)17-20-37(21-18-34)23-27-11-9-25(10-12-27)22-26-13-15-29(16-14-26)35-24(2)39;/h5-6,9-16,28,30-31,40H,3-4,7-8,17-23H2,1-2H3,(H,35,39)(H,36,42);1H/t30-,31-;/m1./s1. The molecule has 0 radical (unpaired) electrons. The average Bonchev–Trinajstić information content (AvgIpc) is 3.53. The van der Waals surface area contributed by atoms with E-state index < -0.39 is 17.7 Å². The van der Waals surface area contributed by atoms with Gasteiger partial charge in [0.05, 0.1) is 6.10 Å². The Balaban J connectivity index is 0.00000423. The van der Waals surface area contributed by atoms with Crippen molar-refractivity contribution in [3.05, 3.63) is 77.4 Å². The van der Waals surface area contributed by atoms with Gasteiger partial charge in [0.1, 0.15) is 11.6 Å². The van der Waals surface area contributed by atoms with E-state index in [-0.39, 0.29) is 36.0 Å². The molecule has 2 aromatic rings. The van der Waals surface area contributed by atoms with Crippen molar-refractivity contribution in [3.8, 4) is 0 Å². The van der Waals surface area contributed by atoms with Crippen molar-refractivity contribution in [2.75, 3.05) is 25.0 Å². The number of carbonyl (C=O) groups is 3. The number of amides is 3. The van der Waals surface area contributed by atoms with Crippen molar-refractivity contribution in [1.82, 2.24) is 15.1 Å². The predicted octanol–water partition coefficient (Wildman–Crippen LogP) is 4.45. The molecular weight excluding hydrogens is 564 g/mol. The molecule has 9 heteroatoms. The van der Waals surface area contributed by atoms with E-state index >= 15 is 0 Å². The summed E-state index contributed by atoms with van der Waals surface area (Å²) < 4.78 is 0. The number of unbranched alkanes of at least 4 members (excludes halogenated alkanes) is 1.